The Labute approximate surface area is 322 Å². The molecule has 12 nitrogen and oxygen atoms in total. The normalized spacial score (nSPS) is 10.5. The summed E-state index contributed by atoms with van der Waals surface area (Å²) in [6.45, 7) is 2.15. The van der Waals surface area contributed by atoms with Crippen molar-refractivity contribution in [2.45, 2.75) is 34.6 Å². The standard InChI is InChI=1S/C22H19N3O3.C20H15N3O3.2CH4/c1-2-28-19(26)12-15-8-10-16(11-9-15)18-13-25(17-6-4-3-5-7-17)21-20(18)22(27)24-14-23-21;24-17(25)10-13-6-8-14(9-7-13)16-11-23(15-4-2-1-3-5-15)19-18(16)20(26)22-12-21-19;;/h3-11,13-14H,2,12H2,1H3,(H,23,24,27);1-9,11-12H,10H2,(H,24,25)(H,21,22,26);2*1H4. The van der Waals surface area contributed by atoms with Crippen LogP contribution in [0.4, 0.5) is 0 Å². The monoisotopic (exact) mass is 750 g/mol. The number of hydrogen-bond donors (Lipinski definition) is 3. The molecule has 0 spiro atoms. The average molecular weight is 751 g/mol. The second-order valence-corrected chi connectivity index (χ2v) is 12.3. The van der Waals surface area contributed by atoms with E-state index in [4.69, 9.17) is 9.84 Å². The summed E-state index contributed by atoms with van der Waals surface area (Å²) in [4.78, 5) is 61.5. The Bertz CT molecular complexity index is 2700. The number of carboxylic acids is 1. The molecule has 0 saturated heterocycles. The molecule has 0 amide bonds. The molecule has 284 valence electrons. The predicted octanol–water partition coefficient (Wildman–Crippen LogP) is 7.77. The number of H-pyrrole nitrogens is 2. The first-order chi connectivity index (χ1) is 26.3. The van der Waals surface area contributed by atoms with E-state index < -0.39 is 5.97 Å². The van der Waals surface area contributed by atoms with Crippen LogP contribution in [0.2, 0.25) is 0 Å². The van der Waals surface area contributed by atoms with Gasteiger partial charge in [-0.2, -0.15) is 0 Å². The van der Waals surface area contributed by atoms with Crippen molar-refractivity contribution in [3.63, 3.8) is 0 Å². The Kier molecular flexibility index (Phi) is 12.6. The highest BCUT2D eigenvalue weighted by molar-refractivity contribution is 5.95. The zero-order valence-corrected chi connectivity index (χ0v) is 29.1. The molecular formula is C44H42N6O6. The van der Waals surface area contributed by atoms with Gasteiger partial charge in [-0.15, -0.1) is 0 Å². The number of para-hydroxylation sites is 2. The number of esters is 1. The molecule has 0 bridgehead atoms. The van der Waals surface area contributed by atoms with Crippen molar-refractivity contribution >= 4 is 34.0 Å². The zero-order chi connectivity index (χ0) is 37.6. The van der Waals surface area contributed by atoms with E-state index in [-0.39, 0.29) is 44.8 Å². The first kappa shape index (κ1) is 39.9. The van der Waals surface area contributed by atoms with Gasteiger partial charge in [0.2, 0.25) is 0 Å². The molecule has 0 radical (unpaired) electrons. The second kappa shape index (κ2) is 17.7. The molecule has 3 N–H and O–H groups in total. The summed E-state index contributed by atoms with van der Waals surface area (Å²) in [5.74, 6) is -1.13. The maximum absolute atomic E-state index is 12.5. The van der Waals surface area contributed by atoms with Crippen LogP contribution in [0.15, 0.2) is 144 Å². The van der Waals surface area contributed by atoms with E-state index in [1.54, 1.807) is 19.1 Å². The highest BCUT2D eigenvalue weighted by atomic mass is 16.5. The maximum atomic E-state index is 12.5. The molecule has 0 unspecified atom stereocenters. The van der Waals surface area contributed by atoms with Crippen LogP contribution in [0, 0.1) is 0 Å². The number of carboxylic acid groups (broad SMARTS) is 1. The van der Waals surface area contributed by atoms with Crippen LogP contribution in [0.1, 0.15) is 32.9 Å². The SMILES string of the molecule is C.C.CCOC(=O)Cc1ccc(-c2cn(-c3ccccc3)c3nc[nH]c(=O)c23)cc1.O=C(O)Cc1ccc(-c2cn(-c3ccccc3)c3nc[nH]c(=O)c23)cc1. The number of carbonyl (C=O) groups is 2. The van der Waals surface area contributed by atoms with E-state index in [0.717, 1.165) is 39.2 Å². The number of aromatic nitrogens is 6. The lowest BCUT2D eigenvalue weighted by molar-refractivity contribution is -0.142. The molecule has 0 fully saturated rings. The Morgan fingerprint density at radius 3 is 1.43 bits per heavy atom. The Morgan fingerprint density at radius 2 is 1.04 bits per heavy atom. The van der Waals surface area contributed by atoms with Gasteiger partial charge >= 0.3 is 11.9 Å². The fourth-order valence-corrected chi connectivity index (χ4v) is 6.31. The first-order valence-corrected chi connectivity index (χ1v) is 17.1. The third kappa shape index (κ3) is 8.39. The summed E-state index contributed by atoms with van der Waals surface area (Å²) in [5.41, 5.74) is 7.42. The van der Waals surface area contributed by atoms with E-state index in [0.29, 0.717) is 34.2 Å². The number of rotatable bonds is 9. The molecule has 0 atom stereocenters. The lowest BCUT2D eigenvalue weighted by Crippen LogP contribution is -2.07. The summed E-state index contributed by atoms with van der Waals surface area (Å²) in [5, 5.41) is 9.94. The molecule has 4 aromatic heterocycles. The molecular weight excluding hydrogens is 709 g/mol. The summed E-state index contributed by atoms with van der Waals surface area (Å²) in [6, 6.07) is 34.2. The topological polar surface area (TPSA) is 165 Å². The smallest absolute Gasteiger partial charge is 0.310 e. The Morgan fingerprint density at radius 1 is 0.625 bits per heavy atom. The van der Waals surface area contributed by atoms with Gasteiger partial charge in [0, 0.05) is 34.9 Å². The summed E-state index contributed by atoms with van der Waals surface area (Å²) < 4.78 is 8.78. The predicted molar refractivity (Wildman–Crippen MR) is 219 cm³/mol. The van der Waals surface area contributed by atoms with Gasteiger partial charge in [0.05, 0.1) is 42.9 Å². The number of carbonyl (C=O) groups excluding carboxylic acids is 1. The van der Waals surface area contributed by atoms with Crippen molar-refractivity contribution in [2.24, 2.45) is 0 Å². The number of benzene rings is 4. The van der Waals surface area contributed by atoms with Gasteiger partial charge in [-0.05, 0) is 53.4 Å². The molecule has 0 aliphatic rings. The maximum Gasteiger partial charge on any atom is 0.310 e. The van der Waals surface area contributed by atoms with Crippen molar-refractivity contribution < 1.29 is 19.4 Å². The molecule has 4 aromatic carbocycles. The highest BCUT2D eigenvalue weighted by Crippen LogP contribution is 2.31. The molecule has 56 heavy (non-hydrogen) atoms. The summed E-state index contributed by atoms with van der Waals surface area (Å²) in [6.07, 6.45) is 6.80. The molecule has 8 aromatic rings. The minimum atomic E-state index is -0.876. The number of ether oxygens (including phenoxy) is 1. The van der Waals surface area contributed by atoms with Crippen LogP contribution in [-0.4, -0.2) is 52.7 Å². The van der Waals surface area contributed by atoms with Crippen molar-refractivity contribution in [1.82, 2.24) is 29.1 Å². The molecule has 0 aliphatic carbocycles. The van der Waals surface area contributed by atoms with Crippen LogP contribution in [0.25, 0.3) is 55.7 Å². The van der Waals surface area contributed by atoms with Crippen LogP contribution in [0.5, 0.6) is 0 Å². The third-order valence-electron chi connectivity index (χ3n) is 8.79. The van der Waals surface area contributed by atoms with E-state index >= 15 is 0 Å². The fourth-order valence-electron chi connectivity index (χ4n) is 6.31. The zero-order valence-electron chi connectivity index (χ0n) is 29.1. The van der Waals surface area contributed by atoms with Gasteiger partial charge in [0.15, 0.2) is 11.3 Å². The van der Waals surface area contributed by atoms with Crippen molar-refractivity contribution in [1.29, 1.82) is 0 Å². The summed E-state index contributed by atoms with van der Waals surface area (Å²) >= 11 is 0. The van der Waals surface area contributed by atoms with Gasteiger partial charge in [-0.25, -0.2) is 9.97 Å². The molecule has 4 heterocycles. The van der Waals surface area contributed by atoms with Crippen molar-refractivity contribution in [3.05, 3.63) is 166 Å². The van der Waals surface area contributed by atoms with Gasteiger partial charge < -0.3 is 28.9 Å². The lowest BCUT2D eigenvalue weighted by atomic mass is 10.0. The van der Waals surface area contributed by atoms with Gasteiger partial charge in [-0.1, -0.05) is 99.8 Å². The lowest BCUT2D eigenvalue weighted by Gasteiger charge is -2.04. The average Bonchev–Trinajstić information content (AvgIpc) is 3.78. The van der Waals surface area contributed by atoms with Crippen LogP contribution >= 0.6 is 0 Å². The molecule has 0 aliphatic heterocycles. The van der Waals surface area contributed by atoms with Crippen LogP contribution in [0.3, 0.4) is 0 Å². The quantitative estimate of drug-likeness (QED) is 0.126. The van der Waals surface area contributed by atoms with E-state index in [1.165, 1.54) is 12.7 Å². The van der Waals surface area contributed by atoms with Crippen LogP contribution in [-0.2, 0) is 27.2 Å². The highest BCUT2D eigenvalue weighted by Gasteiger charge is 2.17. The number of nitrogens with zero attached hydrogens (tertiary/aromatic N) is 4. The number of aromatic amines is 2. The van der Waals surface area contributed by atoms with Crippen LogP contribution < -0.4 is 11.1 Å². The largest absolute Gasteiger partial charge is 0.481 e. The van der Waals surface area contributed by atoms with Crippen molar-refractivity contribution in [3.8, 4) is 33.6 Å². The second-order valence-electron chi connectivity index (χ2n) is 12.3. The molecule has 8 rings (SSSR count). The minimum absolute atomic E-state index is 0. The minimum Gasteiger partial charge on any atom is -0.481 e. The Hall–Kier alpha value is -7.34. The van der Waals surface area contributed by atoms with Gasteiger partial charge in [0.25, 0.3) is 11.1 Å². The number of fused-ring (bicyclic) bond motifs is 2. The van der Waals surface area contributed by atoms with Crippen molar-refractivity contribution in [2.75, 3.05) is 6.61 Å². The summed E-state index contributed by atoms with van der Waals surface area (Å²) in [7, 11) is 0. The number of aliphatic carboxylic acids is 1. The molecule has 12 heteroatoms. The fraction of sp³-hybridized carbons (Fsp3) is 0.136. The van der Waals surface area contributed by atoms with Gasteiger partial charge in [-0.3, -0.25) is 19.2 Å². The molecule has 0 saturated carbocycles. The number of hydrogen-bond acceptors (Lipinski definition) is 7. The van der Waals surface area contributed by atoms with E-state index in [1.807, 2.05) is 119 Å². The van der Waals surface area contributed by atoms with E-state index in [9.17, 15) is 19.2 Å². The Balaban J connectivity index is 0.000000207. The number of nitrogens with one attached hydrogen (secondary N) is 2. The van der Waals surface area contributed by atoms with Gasteiger partial charge in [0.1, 0.15) is 0 Å². The third-order valence-corrected chi connectivity index (χ3v) is 8.79. The van der Waals surface area contributed by atoms with E-state index in [2.05, 4.69) is 19.9 Å². The first-order valence-electron chi connectivity index (χ1n) is 17.1.